The van der Waals surface area contributed by atoms with Crippen LogP contribution in [0.15, 0.2) is 18.2 Å². The Bertz CT molecular complexity index is 797. The van der Waals surface area contributed by atoms with Gasteiger partial charge in [-0.15, -0.1) is 0 Å². The van der Waals surface area contributed by atoms with Gasteiger partial charge in [0.1, 0.15) is 12.1 Å². The predicted octanol–water partition coefficient (Wildman–Crippen LogP) is 1.51. The Morgan fingerprint density at radius 2 is 1.89 bits per heavy atom. The SMILES string of the molecule is Cc1cccc(C)c1NC(=O)COC(=O)CN1C(=O)N[C@@](C)(C2CC2)C1=O. The normalized spacial score (nSPS) is 21.8. The molecule has 8 heteroatoms. The number of benzene rings is 1. The first-order chi connectivity index (χ1) is 12.7. The Labute approximate surface area is 157 Å². The van der Waals surface area contributed by atoms with Gasteiger partial charge >= 0.3 is 12.0 Å². The second kappa shape index (κ2) is 7.02. The van der Waals surface area contributed by atoms with Gasteiger partial charge in [0.2, 0.25) is 0 Å². The number of carbonyl (C=O) groups excluding carboxylic acids is 4. The number of aryl methyl sites for hydroxylation is 2. The topological polar surface area (TPSA) is 105 Å². The van der Waals surface area contributed by atoms with Crippen molar-refractivity contribution in [2.75, 3.05) is 18.5 Å². The lowest BCUT2D eigenvalue weighted by Crippen LogP contribution is -2.46. The highest BCUT2D eigenvalue weighted by molar-refractivity contribution is 6.09. The first-order valence-electron chi connectivity index (χ1n) is 8.88. The molecule has 0 aromatic heterocycles. The van der Waals surface area contributed by atoms with Gasteiger partial charge in [0.15, 0.2) is 6.61 Å². The monoisotopic (exact) mass is 373 g/mol. The van der Waals surface area contributed by atoms with Crippen molar-refractivity contribution in [2.24, 2.45) is 5.92 Å². The summed E-state index contributed by atoms with van der Waals surface area (Å²) in [5.74, 6) is -1.61. The number of ether oxygens (including phenoxy) is 1. The fourth-order valence-corrected chi connectivity index (χ4v) is 3.30. The summed E-state index contributed by atoms with van der Waals surface area (Å²) in [6.45, 7) is 4.40. The zero-order chi connectivity index (χ0) is 19.8. The van der Waals surface area contributed by atoms with Crippen LogP contribution in [0, 0.1) is 19.8 Å². The number of nitrogens with zero attached hydrogens (tertiary/aromatic N) is 1. The van der Waals surface area contributed by atoms with Gasteiger partial charge in [0.25, 0.3) is 11.8 Å². The third kappa shape index (κ3) is 3.79. The summed E-state index contributed by atoms with van der Waals surface area (Å²) in [6.07, 6.45) is 1.75. The molecule has 1 heterocycles. The molecule has 27 heavy (non-hydrogen) atoms. The number of hydrogen-bond donors (Lipinski definition) is 2. The number of carbonyl (C=O) groups is 4. The zero-order valence-corrected chi connectivity index (χ0v) is 15.6. The molecule has 144 valence electrons. The van der Waals surface area contributed by atoms with E-state index in [9.17, 15) is 19.2 Å². The van der Waals surface area contributed by atoms with E-state index in [-0.39, 0.29) is 5.92 Å². The van der Waals surface area contributed by atoms with E-state index in [4.69, 9.17) is 4.74 Å². The number of rotatable bonds is 6. The smallest absolute Gasteiger partial charge is 0.326 e. The fourth-order valence-electron chi connectivity index (χ4n) is 3.30. The van der Waals surface area contributed by atoms with Crippen LogP contribution in [-0.2, 0) is 19.1 Å². The van der Waals surface area contributed by atoms with Crippen molar-refractivity contribution in [3.05, 3.63) is 29.3 Å². The molecule has 1 saturated heterocycles. The average molecular weight is 373 g/mol. The number of nitrogens with one attached hydrogen (secondary N) is 2. The Hall–Kier alpha value is -2.90. The first kappa shape index (κ1) is 18.9. The molecule has 1 aromatic carbocycles. The molecule has 2 N–H and O–H groups in total. The minimum Gasteiger partial charge on any atom is -0.454 e. The van der Waals surface area contributed by atoms with Crippen molar-refractivity contribution in [1.29, 1.82) is 0 Å². The summed E-state index contributed by atoms with van der Waals surface area (Å²) >= 11 is 0. The summed E-state index contributed by atoms with van der Waals surface area (Å²) in [4.78, 5) is 49.4. The van der Waals surface area contributed by atoms with Gasteiger partial charge in [-0.1, -0.05) is 18.2 Å². The molecule has 1 aliphatic heterocycles. The van der Waals surface area contributed by atoms with Crippen LogP contribution in [0.5, 0.6) is 0 Å². The Morgan fingerprint density at radius 3 is 2.48 bits per heavy atom. The molecular formula is C19H23N3O5. The number of hydrogen-bond acceptors (Lipinski definition) is 5. The molecule has 1 aromatic rings. The van der Waals surface area contributed by atoms with Gasteiger partial charge in [0, 0.05) is 5.69 Å². The van der Waals surface area contributed by atoms with Crippen LogP contribution in [0.3, 0.4) is 0 Å². The quantitative estimate of drug-likeness (QED) is 0.581. The van der Waals surface area contributed by atoms with E-state index in [1.54, 1.807) is 6.92 Å². The maximum atomic E-state index is 12.5. The number of anilines is 1. The van der Waals surface area contributed by atoms with Crippen molar-refractivity contribution in [3.8, 4) is 0 Å². The lowest BCUT2D eigenvalue weighted by atomic mass is 9.96. The van der Waals surface area contributed by atoms with Crippen molar-refractivity contribution in [3.63, 3.8) is 0 Å². The van der Waals surface area contributed by atoms with Gasteiger partial charge in [-0.05, 0) is 50.7 Å². The third-order valence-electron chi connectivity index (χ3n) is 5.09. The Morgan fingerprint density at radius 1 is 1.26 bits per heavy atom. The second-order valence-electron chi connectivity index (χ2n) is 7.27. The van der Waals surface area contributed by atoms with E-state index in [0.717, 1.165) is 28.9 Å². The van der Waals surface area contributed by atoms with Crippen LogP contribution in [0.4, 0.5) is 10.5 Å². The van der Waals surface area contributed by atoms with Crippen LogP contribution in [-0.4, -0.2) is 47.4 Å². The van der Waals surface area contributed by atoms with E-state index >= 15 is 0 Å². The highest BCUT2D eigenvalue weighted by atomic mass is 16.5. The molecule has 0 bridgehead atoms. The maximum absolute atomic E-state index is 12.5. The summed E-state index contributed by atoms with van der Waals surface area (Å²) in [7, 11) is 0. The van der Waals surface area contributed by atoms with Crippen LogP contribution >= 0.6 is 0 Å². The molecule has 1 aliphatic carbocycles. The molecular weight excluding hydrogens is 350 g/mol. The van der Waals surface area contributed by atoms with Gasteiger partial charge in [0.05, 0.1) is 0 Å². The van der Waals surface area contributed by atoms with E-state index in [2.05, 4.69) is 10.6 Å². The van der Waals surface area contributed by atoms with Gasteiger partial charge in [-0.3, -0.25) is 19.3 Å². The molecule has 0 unspecified atom stereocenters. The number of para-hydroxylation sites is 1. The van der Waals surface area contributed by atoms with Crippen LogP contribution in [0.25, 0.3) is 0 Å². The van der Waals surface area contributed by atoms with Crippen molar-refractivity contribution >= 4 is 29.5 Å². The van der Waals surface area contributed by atoms with E-state index in [0.29, 0.717) is 5.69 Å². The van der Waals surface area contributed by atoms with Crippen LogP contribution in [0.2, 0.25) is 0 Å². The molecule has 0 spiro atoms. The molecule has 1 saturated carbocycles. The van der Waals surface area contributed by atoms with Gasteiger partial charge < -0.3 is 15.4 Å². The highest BCUT2D eigenvalue weighted by Crippen LogP contribution is 2.42. The lowest BCUT2D eigenvalue weighted by Gasteiger charge is -2.20. The van der Waals surface area contributed by atoms with E-state index in [1.165, 1.54) is 0 Å². The average Bonchev–Trinajstić information content (AvgIpc) is 3.43. The Kier molecular flexibility index (Phi) is 4.91. The molecule has 8 nitrogen and oxygen atoms in total. The predicted molar refractivity (Wildman–Crippen MR) is 96.9 cm³/mol. The number of esters is 1. The number of urea groups is 1. The first-order valence-corrected chi connectivity index (χ1v) is 8.88. The van der Waals surface area contributed by atoms with E-state index in [1.807, 2.05) is 32.0 Å². The number of amides is 4. The molecule has 4 amide bonds. The van der Waals surface area contributed by atoms with Crippen LogP contribution in [0.1, 0.15) is 30.9 Å². The zero-order valence-electron chi connectivity index (χ0n) is 15.6. The summed E-state index contributed by atoms with van der Waals surface area (Å²) in [6, 6.07) is 5.01. The lowest BCUT2D eigenvalue weighted by molar-refractivity contribution is -0.150. The van der Waals surface area contributed by atoms with Crippen molar-refractivity contribution in [1.82, 2.24) is 10.2 Å². The van der Waals surface area contributed by atoms with Crippen molar-refractivity contribution < 1.29 is 23.9 Å². The fraction of sp³-hybridized carbons (Fsp3) is 0.474. The van der Waals surface area contributed by atoms with Crippen LogP contribution < -0.4 is 10.6 Å². The standard InChI is InChI=1S/C19H23N3O5/c1-11-5-4-6-12(2)16(11)20-14(23)10-27-15(24)9-22-17(25)19(3,13-7-8-13)21-18(22)26/h4-6,13H,7-10H2,1-3H3,(H,20,23)(H,21,26)/t19-/m0/s1. The summed E-state index contributed by atoms with van der Waals surface area (Å²) in [5.41, 5.74) is 1.52. The minimum atomic E-state index is -0.947. The molecule has 2 fully saturated rings. The largest absolute Gasteiger partial charge is 0.454 e. The second-order valence-corrected chi connectivity index (χ2v) is 7.27. The van der Waals surface area contributed by atoms with E-state index < -0.39 is 42.5 Å². The van der Waals surface area contributed by atoms with Gasteiger partial charge in [-0.2, -0.15) is 0 Å². The molecule has 3 rings (SSSR count). The molecule has 0 radical (unpaired) electrons. The van der Waals surface area contributed by atoms with Gasteiger partial charge in [-0.25, -0.2) is 4.79 Å². The molecule has 1 atom stereocenters. The van der Waals surface area contributed by atoms with Crippen molar-refractivity contribution in [2.45, 2.75) is 39.2 Å². The number of imide groups is 1. The third-order valence-corrected chi connectivity index (χ3v) is 5.09. The molecule has 2 aliphatic rings. The Balaban J connectivity index is 1.52. The maximum Gasteiger partial charge on any atom is 0.326 e. The summed E-state index contributed by atoms with van der Waals surface area (Å²) < 4.78 is 4.93. The highest BCUT2D eigenvalue weighted by Gasteiger charge is 2.56. The summed E-state index contributed by atoms with van der Waals surface area (Å²) in [5, 5.41) is 5.36. The minimum absolute atomic E-state index is 0.109.